The fourth-order valence-corrected chi connectivity index (χ4v) is 4.17. The number of carbonyl (C=O) groups is 2. The van der Waals surface area contributed by atoms with E-state index in [1.807, 2.05) is 0 Å². The molecule has 0 saturated heterocycles. The van der Waals surface area contributed by atoms with Crippen LogP contribution in [0.4, 0.5) is 5.69 Å². The molecule has 0 bridgehead atoms. The zero-order valence-corrected chi connectivity index (χ0v) is 18.4. The molecule has 9 heteroatoms. The van der Waals surface area contributed by atoms with Crippen LogP contribution in [0.5, 0.6) is 11.5 Å². The molecule has 1 aliphatic heterocycles. The molecule has 1 amide bonds. The monoisotopic (exact) mass is 459 g/mol. The molecule has 0 spiro atoms. The van der Waals surface area contributed by atoms with E-state index in [2.05, 4.69) is 10.2 Å². The minimum atomic E-state index is -0.593. The fourth-order valence-electron chi connectivity index (χ4n) is 4.17. The maximum absolute atomic E-state index is 13.5. The van der Waals surface area contributed by atoms with Gasteiger partial charge in [-0.15, -0.1) is 0 Å². The third-order valence-electron chi connectivity index (χ3n) is 5.70. The average Bonchev–Trinajstić information content (AvgIpc) is 3.58. The lowest BCUT2D eigenvalue weighted by atomic mass is 9.97. The van der Waals surface area contributed by atoms with Crippen LogP contribution in [0.2, 0.25) is 0 Å². The van der Waals surface area contributed by atoms with Gasteiger partial charge in [-0.1, -0.05) is 6.07 Å². The third kappa shape index (κ3) is 3.38. The minimum absolute atomic E-state index is 0.0143. The number of aromatic nitrogens is 2. The number of amides is 1. The second-order valence-corrected chi connectivity index (χ2v) is 7.61. The van der Waals surface area contributed by atoms with Gasteiger partial charge in [-0.05, 0) is 61.0 Å². The van der Waals surface area contributed by atoms with Gasteiger partial charge in [0.1, 0.15) is 5.69 Å². The Balaban J connectivity index is 1.65. The predicted molar refractivity (Wildman–Crippen MR) is 122 cm³/mol. The summed E-state index contributed by atoms with van der Waals surface area (Å²) in [5.41, 5.74) is 3.13. The number of methoxy groups -OCH3 is 1. The van der Waals surface area contributed by atoms with E-state index in [1.54, 1.807) is 66.6 Å². The summed E-state index contributed by atoms with van der Waals surface area (Å²) in [6.07, 6.45) is 1.55. The smallest absolute Gasteiger partial charge is 0.338 e. The topological polar surface area (TPSA) is 118 Å². The third-order valence-corrected chi connectivity index (χ3v) is 5.70. The first-order valence-electron chi connectivity index (χ1n) is 10.6. The maximum atomic E-state index is 13.5. The summed E-state index contributed by atoms with van der Waals surface area (Å²) in [5.74, 6) is 0.0512. The Morgan fingerprint density at radius 1 is 1.21 bits per heavy atom. The van der Waals surface area contributed by atoms with Crippen LogP contribution in [0.25, 0.3) is 11.5 Å². The number of aromatic hydroxyl groups is 1. The summed E-state index contributed by atoms with van der Waals surface area (Å²) in [4.78, 5) is 27.2. The van der Waals surface area contributed by atoms with Crippen molar-refractivity contribution in [2.75, 3.05) is 18.6 Å². The largest absolute Gasteiger partial charge is 0.504 e. The number of carbonyl (C=O) groups excluding carboxylic acids is 2. The van der Waals surface area contributed by atoms with Crippen LogP contribution < -0.4 is 9.64 Å². The molecule has 1 atom stereocenters. The number of phenolic OH excluding ortho intramolecular Hbond substituents is 1. The molecule has 5 rings (SSSR count). The van der Waals surface area contributed by atoms with Gasteiger partial charge < -0.3 is 19.0 Å². The van der Waals surface area contributed by atoms with Gasteiger partial charge in [-0.25, -0.2) is 4.79 Å². The van der Waals surface area contributed by atoms with E-state index in [4.69, 9.17) is 13.9 Å². The van der Waals surface area contributed by atoms with Crippen molar-refractivity contribution in [3.05, 3.63) is 83.2 Å². The number of nitrogens with one attached hydrogen (secondary N) is 1. The SMILES string of the molecule is CCOC(=O)c1ccc(N2C(=O)c3n[nH]c(-c4ccco4)c3[C@H]2c2ccc(O)c(OC)c2)cc1. The number of fused-ring (bicyclic) bond motifs is 1. The Bertz CT molecular complexity index is 1360. The Morgan fingerprint density at radius 2 is 2.00 bits per heavy atom. The van der Waals surface area contributed by atoms with E-state index in [0.717, 1.165) is 0 Å². The summed E-state index contributed by atoms with van der Waals surface area (Å²) in [6, 6.07) is 14.5. The molecule has 3 heterocycles. The summed E-state index contributed by atoms with van der Waals surface area (Å²) in [7, 11) is 1.46. The molecule has 0 fully saturated rings. The van der Waals surface area contributed by atoms with Crippen molar-refractivity contribution in [2.24, 2.45) is 0 Å². The quantitative estimate of drug-likeness (QED) is 0.413. The van der Waals surface area contributed by atoms with E-state index in [-0.39, 0.29) is 29.7 Å². The number of aromatic amines is 1. The number of nitrogens with zero attached hydrogens (tertiary/aromatic N) is 2. The van der Waals surface area contributed by atoms with Gasteiger partial charge in [0.25, 0.3) is 5.91 Å². The van der Waals surface area contributed by atoms with Crippen molar-refractivity contribution in [3.8, 4) is 23.0 Å². The number of hydrogen-bond acceptors (Lipinski definition) is 7. The lowest BCUT2D eigenvalue weighted by Crippen LogP contribution is -2.29. The summed E-state index contributed by atoms with van der Waals surface area (Å²) in [5, 5.41) is 17.3. The normalized spacial score (nSPS) is 14.8. The molecule has 9 nitrogen and oxygen atoms in total. The first kappa shape index (κ1) is 21.3. The van der Waals surface area contributed by atoms with E-state index >= 15 is 0 Å². The molecular formula is C25H21N3O6. The van der Waals surface area contributed by atoms with Crippen molar-refractivity contribution in [3.63, 3.8) is 0 Å². The number of benzene rings is 2. The Hall–Kier alpha value is -4.53. The fraction of sp³-hybridized carbons (Fsp3) is 0.160. The molecule has 34 heavy (non-hydrogen) atoms. The predicted octanol–water partition coefficient (Wildman–Crippen LogP) is 4.31. The highest BCUT2D eigenvalue weighted by atomic mass is 16.5. The van der Waals surface area contributed by atoms with Gasteiger partial charge >= 0.3 is 5.97 Å². The van der Waals surface area contributed by atoms with Crippen LogP contribution in [0.15, 0.2) is 65.3 Å². The number of phenols is 1. The van der Waals surface area contributed by atoms with Gasteiger partial charge in [0.15, 0.2) is 23.0 Å². The van der Waals surface area contributed by atoms with Gasteiger partial charge in [0.05, 0.1) is 31.6 Å². The van der Waals surface area contributed by atoms with Crippen LogP contribution in [-0.2, 0) is 4.74 Å². The summed E-state index contributed by atoms with van der Waals surface area (Å²) in [6.45, 7) is 2.01. The summed E-state index contributed by atoms with van der Waals surface area (Å²) < 4.78 is 15.9. The van der Waals surface area contributed by atoms with E-state index < -0.39 is 12.0 Å². The number of anilines is 1. The molecule has 0 unspecified atom stereocenters. The van der Waals surface area contributed by atoms with Crippen molar-refractivity contribution in [2.45, 2.75) is 13.0 Å². The number of ether oxygens (including phenoxy) is 2. The number of H-pyrrole nitrogens is 1. The molecule has 0 radical (unpaired) electrons. The highest BCUT2D eigenvalue weighted by Gasteiger charge is 2.44. The number of hydrogen-bond donors (Lipinski definition) is 2. The zero-order chi connectivity index (χ0) is 23.8. The first-order chi connectivity index (χ1) is 16.5. The molecule has 2 N–H and O–H groups in total. The zero-order valence-electron chi connectivity index (χ0n) is 18.4. The van der Waals surface area contributed by atoms with Crippen molar-refractivity contribution < 1.29 is 28.6 Å². The second kappa shape index (κ2) is 8.43. The van der Waals surface area contributed by atoms with Gasteiger partial charge in [0.2, 0.25) is 0 Å². The molecular weight excluding hydrogens is 438 g/mol. The van der Waals surface area contributed by atoms with Crippen LogP contribution in [-0.4, -0.2) is 40.9 Å². The minimum Gasteiger partial charge on any atom is -0.504 e. The van der Waals surface area contributed by atoms with Gasteiger partial charge in [-0.3, -0.25) is 14.8 Å². The van der Waals surface area contributed by atoms with Gasteiger partial charge in [0, 0.05) is 11.3 Å². The molecule has 172 valence electrons. The number of furan rings is 1. The lowest BCUT2D eigenvalue weighted by Gasteiger charge is -2.27. The van der Waals surface area contributed by atoms with E-state index in [9.17, 15) is 14.7 Å². The molecule has 2 aromatic heterocycles. The maximum Gasteiger partial charge on any atom is 0.338 e. The van der Waals surface area contributed by atoms with Crippen molar-refractivity contribution >= 4 is 17.6 Å². The standard InChI is InChI=1S/C25H21N3O6/c1-3-33-25(31)14-6-9-16(10-7-14)28-23(15-8-11-17(29)19(13-15)32-2)20-21(18-5-4-12-34-18)26-27-22(20)24(28)30/h4-13,23,29H,3H2,1-2H3,(H,26,27)/t23-/m1/s1. The highest BCUT2D eigenvalue weighted by Crippen LogP contribution is 2.46. The van der Waals surface area contributed by atoms with Crippen LogP contribution >= 0.6 is 0 Å². The molecule has 1 aliphatic rings. The van der Waals surface area contributed by atoms with Crippen LogP contribution in [0.1, 0.15) is 44.9 Å². The van der Waals surface area contributed by atoms with Crippen LogP contribution in [0.3, 0.4) is 0 Å². The van der Waals surface area contributed by atoms with E-state index in [1.165, 1.54) is 13.2 Å². The van der Waals surface area contributed by atoms with Crippen molar-refractivity contribution in [1.82, 2.24) is 10.2 Å². The Kier molecular flexibility index (Phi) is 5.29. The molecule has 0 saturated carbocycles. The molecule has 0 aliphatic carbocycles. The van der Waals surface area contributed by atoms with Gasteiger partial charge in [-0.2, -0.15) is 5.10 Å². The van der Waals surface area contributed by atoms with Crippen molar-refractivity contribution in [1.29, 1.82) is 0 Å². The Labute approximate surface area is 194 Å². The van der Waals surface area contributed by atoms with E-state index in [0.29, 0.717) is 33.8 Å². The molecule has 2 aromatic carbocycles. The summed E-state index contributed by atoms with van der Waals surface area (Å²) >= 11 is 0. The molecule has 4 aromatic rings. The van der Waals surface area contributed by atoms with Crippen LogP contribution in [0, 0.1) is 0 Å². The second-order valence-electron chi connectivity index (χ2n) is 7.61. The Morgan fingerprint density at radius 3 is 2.68 bits per heavy atom. The lowest BCUT2D eigenvalue weighted by molar-refractivity contribution is 0.0526. The number of rotatable bonds is 6. The highest BCUT2D eigenvalue weighted by molar-refractivity contribution is 6.11. The number of esters is 1. The first-order valence-corrected chi connectivity index (χ1v) is 10.6. The average molecular weight is 459 g/mol.